The molecule has 0 radical (unpaired) electrons. The fraction of sp³-hybridized carbons (Fsp3) is 0. The van der Waals surface area contributed by atoms with E-state index in [4.69, 9.17) is 0 Å². The molecule has 0 amide bonds. The van der Waals surface area contributed by atoms with Gasteiger partial charge in [0.25, 0.3) is 0 Å². The smallest absolute Gasteiger partial charge is 0.227 e. The van der Waals surface area contributed by atoms with E-state index in [1.807, 2.05) is 6.07 Å². The number of aromatic nitrogens is 2. The Labute approximate surface area is 96.8 Å². The van der Waals surface area contributed by atoms with E-state index in [-0.39, 0.29) is 0 Å². The molecule has 0 aliphatic heterocycles. The summed E-state index contributed by atoms with van der Waals surface area (Å²) in [5.74, 6) is 0.622. The molecule has 0 spiro atoms. The van der Waals surface area contributed by atoms with Crippen LogP contribution < -0.4 is 5.32 Å². The number of thiophene rings is 1. The molecule has 1 N–H and O–H groups in total. The van der Waals surface area contributed by atoms with Crippen molar-refractivity contribution in [3.05, 3.63) is 48.1 Å². The van der Waals surface area contributed by atoms with Crippen LogP contribution in [0.2, 0.25) is 0 Å². The maximum absolute atomic E-state index is 4.12. The molecule has 0 aliphatic carbocycles. The van der Waals surface area contributed by atoms with E-state index in [1.165, 1.54) is 10.1 Å². The molecule has 16 heavy (non-hydrogen) atoms. The topological polar surface area (TPSA) is 37.8 Å². The third kappa shape index (κ3) is 1.75. The molecule has 0 saturated heterocycles. The first-order chi connectivity index (χ1) is 7.92. The van der Waals surface area contributed by atoms with Crippen LogP contribution in [0.5, 0.6) is 0 Å². The lowest BCUT2D eigenvalue weighted by molar-refractivity contribution is 1.17. The first kappa shape index (κ1) is 9.30. The summed E-state index contributed by atoms with van der Waals surface area (Å²) in [5.41, 5.74) is 1.01. The van der Waals surface area contributed by atoms with E-state index in [2.05, 4.69) is 38.9 Å². The second-order valence-electron chi connectivity index (χ2n) is 3.37. The number of nitrogens with zero attached hydrogens (tertiary/aromatic N) is 2. The highest BCUT2D eigenvalue weighted by Gasteiger charge is 1.99. The van der Waals surface area contributed by atoms with Gasteiger partial charge in [0, 0.05) is 22.8 Å². The molecule has 3 nitrogen and oxygen atoms in total. The summed E-state index contributed by atoms with van der Waals surface area (Å²) in [7, 11) is 0. The van der Waals surface area contributed by atoms with Crippen LogP contribution in [0, 0.1) is 0 Å². The van der Waals surface area contributed by atoms with E-state index in [9.17, 15) is 0 Å². The average Bonchev–Trinajstić information content (AvgIpc) is 2.77. The summed E-state index contributed by atoms with van der Waals surface area (Å²) in [6, 6.07) is 10.1. The third-order valence-corrected chi connectivity index (χ3v) is 3.17. The van der Waals surface area contributed by atoms with Crippen LogP contribution in [-0.2, 0) is 0 Å². The molecule has 0 fully saturated rings. The molecule has 78 valence electrons. The molecule has 2 aromatic heterocycles. The molecule has 1 aromatic carbocycles. The van der Waals surface area contributed by atoms with Gasteiger partial charge in [-0.05, 0) is 41.1 Å². The zero-order chi connectivity index (χ0) is 10.8. The van der Waals surface area contributed by atoms with Gasteiger partial charge in [0.05, 0.1) is 0 Å². The Bertz CT molecular complexity index is 604. The molecule has 0 atom stereocenters. The van der Waals surface area contributed by atoms with E-state index in [0.717, 1.165) is 5.69 Å². The summed E-state index contributed by atoms with van der Waals surface area (Å²) in [6.07, 6.45) is 3.44. The highest BCUT2D eigenvalue weighted by Crippen LogP contribution is 2.24. The van der Waals surface area contributed by atoms with Gasteiger partial charge >= 0.3 is 0 Å². The molecule has 3 rings (SSSR count). The molecule has 0 unspecified atom stereocenters. The fourth-order valence-corrected chi connectivity index (χ4v) is 2.31. The molecule has 2 heterocycles. The minimum Gasteiger partial charge on any atom is -0.324 e. The van der Waals surface area contributed by atoms with Crippen molar-refractivity contribution in [2.24, 2.45) is 0 Å². The zero-order valence-electron chi connectivity index (χ0n) is 8.42. The Balaban J connectivity index is 1.94. The predicted octanol–water partition coefficient (Wildman–Crippen LogP) is 3.43. The van der Waals surface area contributed by atoms with Gasteiger partial charge in [-0.1, -0.05) is 0 Å². The first-order valence-corrected chi connectivity index (χ1v) is 5.81. The zero-order valence-corrected chi connectivity index (χ0v) is 9.24. The molecule has 0 saturated carbocycles. The summed E-state index contributed by atoms with van der Waals surface area (Å²) in [4.78, 5) is 8.24. The summed E-state index contributed by atoms with van der Waals surface area (Å²) >= 11 is 1.74. The molecule has 4 heteroatoms. The fourth-order valence-electron chi connectivity index (χ4n) is 1.54. The van der Waals surface area contributed by atoms with Crippen molar-refractivity contribution >= 4 is 33.1 Å². The maximum atomic E-state index is 4.12. The van der Waals surface area contributed by atoms with Crippen LogP contribution in [0.15, 0.2) is 48.1 Å². The Kier molecular flexibility index (Phi) is 2.27. The quantitative estimate of drug-likeness (QED) is 0.728. The van der Waals surface area contributed by atoms with Gasteiger partial charge in [-0.25, -0.2) is 9.97 Å². The number of hydrogen-bond acceptors (Lipinski definition) is 4. The van der Waals surface area contributed by atoms with Crippen molar-refractivity contribution in [3.8, 4) is 0 Å². The van der Waals surface area contributed by atoms with Crippen molar-refractivity contribution in [2.45, 2.75) is 0 Å². The SMILES string of the molecule is c1cnc(Nc2ccc3sccc3c2)nc1. The summed E-state index contributed by atoms with van der Waals surface area (Å²) in [5, 5.41) is 6.50. The van der Waals surface area contributed by atoms with Crippen LogP contribution in [-0.4, -0.2) is 9.97 Å². The number of fused-ring (bicyclic) bond motifs is 1. The lowest BCUT2D eigenvalue weighted by atomic mass is 10.2. The summed E-state index contributed by atoms with van der Waals surface area (Å²) < 4.78 is 1.29. The second-order valence-corrected chi connectivity index (χ2v) is 4.32. The van der Waals surface area contributed by atoms with E-state index < -0.39 is 0 Å². The van der Waals surface area contributed by atoms with Crippen molar-refractivity contribution in [3.63, 3.8) is 0 Å². The Morgan fingerprint density at radius 2 is 1.94 bits per heavy atom. The van der Waals surface area contributed by atoms with Gasteiger partial charge in [0.15, 0.2) is 0 Å². The minimum absolute atomic E-state index is 0.622. The number of nitrogens with one attached hydrogen (secondary N) is 1. The van der Waals surface area contributed by atoms with Crippen molar-refractivity contribution in [1.29, 1.82) is 0 Å². The van der Waals surface area contributed by atoms with E-state index in [0.29, 0.717) is 5.95 Å². The lowest BCUT2D eigenvalue weighted by Gasteiger charge is -2.03. The number of hydrogen-bond donors (Lipinski definition) is 1. The normalized spacial score (nSPS) is 10.5. The number of anilines is 2. The number of benzene rings is 1. The molecular formula is C12H9N3S. The van der Waals surface area contributed by atoms with Gasteiger partial charge in [-0.3, -0.25) is 0 Å². The Morgan fingerprint density at radius 1 is 1.06 bits per heavy atom. The lowest BCUT2D eigenvalue weighted by Crippen LogP contribution is -1.94. The maximum Gasteiger partial charge on any atom is 0.227 e. The van der Waals surface area contributed by atoms with Gasteiger partial charge in [0.2, 0.25) is 5.95 Å². The first-order valence-electron chi connectivity index (χ1n) is 4.93. The predicted molar refractivity (Wildman–Crippen MR) is 67.1 cm³/mol. The minimum atomic E-state index is 0.622. The molecular weight excluding hydrogens is 218 g/mol. The van der Waals surface area contributed by atoms with Crippen LogP contribution in [0.4, 0.5) is 11.6 Å². The highest BCUT2D eigenvalue weighted by molar-refractivity contribution is 7.17. The monoisotopic (exact) mass is 227 g/mol. The second kappa shape index (κ2) is 3.90. The van der Waals surface area contributed by atoms with Gasteiger partial charge < -0.3 is 5.32 Å². The third-order valence-electron chi connectivity index (χ3n) is 2.27. The highest BCUT2D eigenvalue weighted by atomic mass is 32.1. The van der Waals surface area contributed by atoms with E-state index >= 15 is 0 Å². The van der Waals surface area contributed by atoms with Crippen LogP contribution in [0.1, 0.15) is 0 Å². The molecule has 0 bridgehead atoms. The van der Waals surface area contributed by atoms with Gasteiger partial charge in [0.1, 0.15) is 0 Å². The van der Waals surface area contributed by atoms with E-state index in [1.54, 1.807) is 29.8 Å². The van der Waals surface area contributed by atoms with Crippen molar-refractivity contribution in [2.75, 3.05) is 5.32 Å². The molecule has 0 aliphatic rings. The number of rotatable bonds is 2. The largest absolute Gasteiger partial charge is 0.324 e. The summed E-state index contributed by atoms with van der Waals surface area (Å²) in [6.45, 7) is 0. The standard InChI is InChI=1S/C12H9N3S/c1-5-13-12(14-6-1)15-10-2-3-11-9(8-10)4-7-16-11/h1-8H,(H,13,14,15). The van der Waals surface area contributed by atoms with Crippen LogP contribution in [0.25, 0.3) is 10.1 Å². The van der Waals surface area contributed by atoms with Crippen LogP contribution in [0.3, 0.4) is 0 Å². The van der Waals surface area contributed by atoms with Crippen molar-refractivity contribution < 1.29 is 0 Å². The molecule has 3 aromatic rings. The van der Waals surface area contributed by atoms with Gasteiger partial charge in [-0.15, -0.1) is 11.3 Å². The average molecular weight is 227 g/mol. The Hall–Kier alpha value is -1.94. The Morgan fingerprint density at radius 3 is 2.81 bits per heavy atom. The van der Waals surface area contributed by atoms with Crippen molar-refractivity contribution in [1.82, 2.24) is 9.97 Å². The van der Waals surface area contributed by atoms with Gasteiger partial charge in [-0.2, -0.15) is 0 Å². The van der Waals surface area contributed by atoms with Crippen LogP contribution >= 0.6 is 11.3 Å².